The predicted molar refractivity (Wildman–Crippen MR) is 99.8 cm³/mol. The molecule has 3 N–H and O–H groups in total. The van der Waals surface area contributed by atoms with Crippen LogP contribution in [0.4, 0.5) is 0 Å². The molecule has 1 amide bonds. The summed E-state index contributed by atoms with van der Waals surface area (Å²) >= 11 is 6.18. The lowest BCUT2D eigenvalue weighted by atomic mass is 10.1. The largest absolute Gasteiger partial charge is 0.486 e. The van der Waals surface area contributed by atoms with Gasteiger partial charge in [0.25, 0.3) is 0 Å². The fourth-order valence-electron chi connectivity index (χ4n) is 2.56. The van der Waals surface area contributed by atoms with Crippen molar-refractivity contribution in [2.45, 2.75) is 12.5 Å². The second-order valence-corrected chi connectivity index (χ2v) is 6.01. The van der Waals surface area contributed by atoms with E-state index in [9.17, 15) is 4.79 Å². The van der Waals surface area contributed by atoms with Crippen molar-refractivity contribution in [1.82, 2.24) is 5.32 Å². The molecule has 0 aromatic heterocycles. The van der Waals surface area contributed by atoms with Gasteiger partial charge in [-0.2, -0.15) is 0 Å². The second-order valence-electron chi connectivity index (χ2n) is 5.60. The number of halogens is 2. The van der Waals surface area contributed by atoms with Crippen LogP contribution in [-0.4, -0.2) is 25.7 Å². The summed E-state index contributed by atoms with van der Waals surface area (Å²) in [6.45, 7) is 1.33. The Morgan fingerprint density at radius 1 is 1.20 bits per heavy atom. The number of carbonyl (C=O) groups is 1. The predicted octanol–water partition coefficient (Wildman–Crippen LogP) is 2.89. The Morgan fingerprint density at radius 3 is 2.68 bits per heavy atom. The maximum absolute atomic E-state index is 12.1. The Morgan fingerprint density at radius 2 is 1.92 bits per heavy atom. The van der Waals surface area contributed by atoms with Crippen LogP contribution in [0.15, 0.2) is 42.5 Å². The monoisotopic (exact) mass is 382 g/mol. The van der Waals surface area contributed by atoms with Crippen LogP contribution in [0.25, 0.3) is 0 Å². The van der Waals surface area contributed by atoms with Gasteiger partial charge in [0.05, 0.1) is 11.4 Å². The van der Waals surface area contributed by atoms with Gasteiger partial charge >= 0.3 is 0 Å². The van der Waals surface area contributed by atoms with Gasteiger partial charge in [0, 0.05) is 12.6 Å². The summed E-state index contributed by atoms with van der Waals surface area (Å²) in [6, 6.07) is 12.9. The first-order valence-corrected chi connectivity index (χ1v) is 8.16. The lowest BCUT2D eigenvalue weighted by Gasteiger charge is -2.20. The van der Waals surface area contributed by atoms with Gasteiger partial charge in [0.2, 0.25) is 5.91 Å². The van der Waals surface area contributed by atoms with Crippen molar-refractivity contribution in [1.29, 1.82) is 0 Å². The minimum atomic E-state index is -0.237. The van der Waals surface area contributed by atoms with E-state index in [0.717, 1.165) is 11.1 Å². The molecular formula is C18H20Cl2N2O3. The average molecular weight is 383 g/mol. The standard InChI is InChI=1S/C18H19ClN2O3.ClH/c19-14-8-12(9-16-18(14)24-7-6-23-16)10-17(22)21-11-15(20)13-4-2-1-3-5-13;/h1-5,8-9,15H,6-7,10-11,20H2,(H,21,22);1H. The molecule has 0 spiro atoms. The van der Waals surface area contributed by atoms with Crippen LogP contribution in [0.3, 0.4) is 0 Å². The molecule has 1 aliphatic heterocycles. The van der Waals surface area contributed by atoms with Crippen molar-refractivity contribution in [3.05, 3.63) is 58.6 Å². The number of fused-ring (bicyclic) bond motifs is 1. The van der Waals surface area contributed by atoms with Crippen molar-refractivity contribution in [2.24, 2.45) is 5.73 Å². The molecule has 7 heteroatoms. The average Bonchev–Trinajstić information content (AvgIpc) is 2.60. The number of benzene rings is 2. The molecule has 134 valence electrons. The molecule has 0 fully saturated rings. The van der Waals surface area contributed by atoms with Crippen molar-refractivity contribution in [3.8, 4) is 11.5 Å². The summed E-state index contributed by atoms with van der Waals surface area (Å²) in [6.07, 6.45) is 0.206. The van der Waals surface area contributed by atoms with Gasteiger partial charge in [-0.15, -0.1) is 12.4 Å². The Hall–Kier alpha value is -1.95. The molecule has 1 unspecified atom stereocenters. The molecule has 2 aromatic carbocycles. The quantitative estimate of drug-likeness (QED) is 0.833. The zero-order valence-electron chi connectivity index (χ0n) is 13.5. The Bertz CT molecular complexity index is 726. The molecule has 0 saturated carbocycles. The summed E-state index contributed by atoms with van der Waals surface area (Å²) in [4.78, 5) is 12.1. The molecule has 25 heavy (non-hydrogen) atoms. The Kier molecular flexibility index (Phi) is 6.93. The highest BCUT2D eigenvalue weighted by molar-refractivity contribution is 6.32. The van der Waals surface area contributed by atoms with Crippen LogP contribution in [0.2, 0.25) is 5.02 Å². The molecule has 0 bridgehead atoms. The van der Waals surface area contributed by atoms with Gasteiger partial charge in [0.15, 0.2) is 11.5 Å². The van der Waals surface area contributed by atoms with Gasteiger partial charge in [0.1, 0.15) is 13.2 Å². The van der Waals surface area contributed by atoms with Crippen LogP contribution in [0, 0.1) is 0 Å². The first-order chi connectivity index (χ1) is 11.6. The van der Waals surface area contributed by atoms with Crippen LogP contribution in [0.1, 0.15) is 17.2 Å². The molecule has 0 aliphatic carbocycles. The summed E-state index contributed by atoms with van der Waals surface area (Å²) < 4.78 is 11.0. The molecule has 2 aromatic rings. The van der Waals surface area contributed by atoms with E-state index in [0.29, 0.717) is 36.3 Å². The smallest absolute Gasteiger partial charge is 0.224 e. The van der Waals surface area contributed by atoms with E-state index in [1.54, 1.807) is 12.1 Å². The van der Waals surface area contributed by atoms with E-state index in [1.165, 1.54) is 0 Å². The maximum Gasteiger partial charge on any atom is 0.224 e. The number of hydrogen-bond acceptors (Lipinski definition) is 4. The molecule has 3 rings (SSSR count). The van der Waals surface area contributed by atoms with Crippen molar-refractivity contribution < 1.29 is 14.3 Å². The minimum Gasteiger partial charge on any atom is -0.486 e. The highest BCUT2D eigenvalue weighted by Gasteiger charge is 2.18. The van der Waals surface area contributed by atoms with Gasteiger partial charge in [-0.05, 0) is 23.3 Å². The minimum absolute atomic E-state index is 0. The number of rotatable bonds is 5. The number of amides is 1. The molecule has 0 radical (unpaired) electrons. The molecule has 1 aliphatic rings. The molecule has 0 saturated heterocycles. The topological polar surface area (TPSA) is 73.6 Å². The maximum atomic E-state index is 12.1. The first kappa shape index (κ1) is 19.4. The second kappa shape index (κ2) is 8.94. The molecule has 5 nitrogen and oxygen atoms in total. The van der Waals surface area contributed by atoms with Gasteiger partial charge in [-0.3, -0.25) is 4.79 Å². The summed E-state index contributed by atoms with van der Waals surface area (Å²) in [7, 11) is 0. The zero-order chi connectivity index (χ0) is 16.9. The van der Waals surface area contributed by atoms with E-state index in [1.807, 2.05) is 30.3 Å². The zero-order valence-corrected chi connectivity index (χ0v) is 15.1. The number of carbonyl (C=O) groups excluding carboxylic acids is 1. The van der Waals surface area contributed by atoms with Crippen LogP contribution < -0.4 is 20.5 Å². The molecular weight excluding hydrogens is 363 g/mol. The Labute approximate surface area is 157 Å². The van der Waals surface area contributed by atoms with Gasteiger partial charge in [-0.1, -0.05) is 41.9 Å². The number of hydrogen-bond donors (Lipinski definition) is 2. The fourth-order valence-corrected chi connectivity index (χ4v) is 2.84. The van der Waals surface area contributed by atoms with E-state index in [-0.39, 0.29) is 30.8 Å². The van der Waals surface area contributed by atoms with E-state index >= 15 is 0 Å². The lowest BCUT2D eigenvalue weighted by Crippen LogP contribution is -2.32. The van der Waals surface area contributed by atoms with Crippen molar-refractivity contribution in [2.75, 3.05) is 19.8 Å². The highest BCUT2D eigenvalue weighted by atomic mass is 35.5. The normalized spacial score (nSPS) is 13.5. The number of ether oxygens (including phenoxy) is 2. The van der Waals surface area contributed by atoms with Crippen molar-refractivity contribution >= 4 is 29.9 Å². The lowest BCUT2D eigenvalue weighted by molar-refractivity contribution is -0.120. The summed E-state index contributed by atoms with van der Waals surface area (Å²) in [5.74, 6) is 1.00. The van der Waals surface area contributed by atoms with Crippen LogP contribution in [0.5, 0.6) is 11.5 Å². The van der Waals surface area contributed by atoms with E-state index in [4.69, 9.17) is 26.8 Å². The summed E-state index contributed by atoms with van der Waals surface area (Å²) in [5.41, 5.74) is 7.84. The van der Waals surface area contributed by atoms with E-state index < -0.39 is 0 Å². The first-order valence-electron chi connectivity index (χ1n) is 7.79. The highest BCUT2D eigenvalue weighted by Crippen LogP contribution is 2.38. The number of nitrogens with one attached hydrogen (secondary N) is 1. The van der Waals surface area contributed by atoms with Gasteiger partial charge < -0.3 is 20.5 Å². The fraction of sp³-hybridized carbons (Fsp3) is 0.278. The van der Waals surface area contributed by atoms with Crippen LogP contribution in [-0.2, 0) is 11.2 Å². The van der Waals surface area contributed by atoms with E-state index in [2.05, 4.69) is 5.32 Å². The van der Waals surface area contributed by atoms with Gasteiger partial charge in [-0.25, -0.2) is 0 Å². The third kappa shape index (κ3) is 5.01. The molecule has 1 atom stereocenters. The van der Waals surface area contributed by atoms with Crippen LogP contribution >= 0.6 is 24.0 Å². The molecule has 1 heterocycles. The van der Waals surface area contributed by atoms with Crippen molar-refractivity contribution in [3.63, 3.8) is 0 Å². The third-order valence-corrected chi connectivity index (χ3v) is 4.05. The Balaban J connectivity index is 0.00000225. The third-order valence-electron chi connectivity index (χ3n) is 3.77. The number of nitrogens with two attached hydrogens (primary N) is 1. The summed E-state index contributed by atoms with van der Waals surface area (Å²) in [5, 5.41) is 3.30. The SMILES string of the molecule is Cl.NC(CNC(=O)Cc1cc(Cl)c2c(c1)OCCO2)c1ccccc1.